The van der Waals surface area contributed by atoms with Crippen LogP contribution < -0.4 is 0 Å². The lowest BCUT2D eigenvalue weighted by Gasteiger charge is -2.43. The Bertz CT molecular complexity index is 844. The zero-order valence-corrected chi connectivity index (χ0v) is 14.7. The molecule has 9 heteroatoms. The molecule has 2 aromatic heterocycles. The third-order valence-electron chi connectivity index (χ3n) is 4.91. The third-order valence-corrected chi connectivity index (χ3v) is 8.03. The summed E-state index contributed by atoms with van der Waals surface area (Å²) in [5, 5.41) is 9.19. The number of carbonyl (C=O) groups excluding carboxylic acids is 1. The molecule has 0 radical (unpaired) electrons. The number of hydrogen-bond donors (Lipinski definition) is 0. The van der Waals surface area contributed by atoms with Crippen LogP contribution in [-0.2, 0) is 9.84 Å². The van der Waals surface area contributed by atoms with Crippen LogP contribution in [0.4, 0.5) is 0 Å². The molecule has 2 fully saturated rings. The molecule has 4 rings (SSSR count). The minimum absolute atomic E-state index is 0.0595. The summed E-state index contributed by atoms with van der Waals surface area (Å²) in [6, 6.07) is 1.64. The van der Waals surface area contributed by atoms with E-state index in [4.69, 9.17) is 0 Å². The molecule has 3 heterocycles. The summed E-state index contributed by atoms with van der Waals surface area (Å²) in [5.74, 6) is -0.0356. The van der Waals surface area contributed by atoms with Crippen molar-refractivity contribution >= 4 is 27.1 Å². The summed E-state index contributed by atoms with van der Waals surface area (Å²) in [6.45, 7) is 0.275. The Balaban J connectivity index is 1.67. The first-order valence-corrected chi connectivity index (χ1v) is 10.6. The minimum atomic E-state index is -3.09. The van der Waals surface area contributed by atoms with E-state index in [1.165, 1.54) is 11.3 Å². The molecule has 2 unspecified atom stereocenters. The zero-order chi connectivity index (χ0) is 16.7. The maximum atomic E-state index is 13.1. The van der Waals surface area contributed by atoms with Crippen LogP contribution in [-0.4, -0.2) is 57.8 Å². The first kappa shape index (κ1) is 15.8. The summed E-state index contributed by atoms with van der Waals surface area (Å²) in [6.07, 6.45) is 6.59. The highest BCUT2D eigenvalue weighted by Gasteiger charge is 2.45. The van der Waals surface area contributed by atoms with E-state index in [0.717, 1.165) is 19.3 Å². The molecule has 7 nitrogen and oxygen atoms in total. The van der Waals surface area contributed by atoms with Gasteiger partial charge in [0.25, 0.3) is 5.91 Å². The van der Waals surface area contributed by atoms with Crippen LogP contribution in [0.5, 0.6) is 0 Å². The minimum Gasteiger partial charge on any atom is -0.333 e. The van der Waals surface area contributed by atoms with E-state index in [2.05, 4.69) is 10.3 Å². The van der Waals surface area contributed by atoms with Gasteiger partial charge in [-0.3, -0.25) is 4.79 Å². The van der Waals surface area contributed by atoms with E-state index in [0.29, 0.717) is 17.0 Å². The van der Waals surface area contributed by atoms with Crippen LogP contribution in [0.15, 0.2) is 23.8 Å². The van der Waals surface area contributed by atoms with Gasteiger partial charge in [0.1, 0.15) is 4.88 Å². The second-order valence-electron chi connectivity index (χ2n) is 6.24. The monoisotopic (exact) mass is 366 g/mol. The SMILES string of the molecule is O=C(c1sccc1-n1ccnn1)N1CCS(=O)(=O)C2CCCCC21. The van der Waals surface area contributed by atoms with Crippen LogP contribution in [0.1, 0.15) is 35.4 Å². The number of sulfone groups is 1. The fourth-order valence-electron chi connectivity index (χ4n) is 3.76. The highest BCUT2D eigenvalue weighted by Crippen LogP contribution is 2.34. The number of carbonyl (C=O) groups is 1. The number of fused-ring (bicyclic) bond motifs is 1. The number of rotatable bonds is 2. The van der Waals surface area contributed by atoms with Gasteiger partial charge in [0.2, 0.25) is 0 Å². The van der Waals surface area contributed by atoms with Crippen molar-refractivity contribution in [3.05, 3.63) is 28.7 Å². The van der Waals surface area contributed by atoms with Crippen LogP contribution >= 0.6 is 11.3 Å². The average Bonchev–Trinajstić information content (AvgIpc) is 3.25. The molecular formula is C15H18N4O3S2. The van der Waals surface area contributed by atoms with Gasteiger partial charge in [0, 0.05) is 12.6 Å². The lowest BCUT2D eigenvalue weighted by Crippen LogP contribution is -2.57. The normalized spacial score (nSPS) is 26.1. The van der Waals surface area contributed by atoms with E-state index < -0.39 is 15.1 Å². The van der Waals surface area contributed by atoms with E-state index in [9.17, 15) is 13.2 Å². The summed E-state index contributed by atoms with van der Waals surface area (Å²) < 4.78 is 26.3. The highest BCUT2D eigenvalue weighted by atomic mass is 32.2. The van der Waals surface area contributed by atoms with Crippen molar-refractivity contribution in [3.63, 3.8) is 0 Å². The van der Waals surface area contributed by atoms with Gasteiger partial charge in [-0.25, -0.2) is 13.1 Å². The molecule has 1 saturated carbocycles. The number of hydrogen-bond acceptors (Lipinski definition) is 6. The summed E-state index contributed by atoms with van der Waals surface area (Å²) in [7, 11) is -3.09. The molecule has 1 saturated heterocycles. The van der Waals surface area contributed by atoms with Crippen LogP contribution in [0.2, 0.25) is 0 Å². The van der Waals surface area contributed by atoms with Crippen LogP contribution in [0.3, 0.4) is 0 Å². The van der Waals surface area contributed by atoms with E-state index >= 15 is 0 Å². The van der Waals surface area contributed by atoms with Gasteiger partial charge >= 0.3 is 0 Å². The van der Waals surface area contributed by atoms with Crippen molar-refractivity contribution in [2.75, 3.05) is 12.3 Å². The van der Waals surface area contributed by atoms with Crippen molar-refractivity contribution in [3.8, 4) is 5.69 Å². The molecule has 1 aliphatic carbocycles. The largest absolute Gasteiger partial charge is 0.333 e. The summed E-state index contributed by atoms with van der Waals surface area (Å²) in [5.41, 5.74) is 0.697. The van der Waals surface area contributed by atoms with Gasteiger partial charge in [-0.1, -0.05) is 18.1 Å². The molecule has 0 aromatic carbocycles. The van der Waals surface area contributed by atoms with Crippen molar-refractivity contribution in [2.24, 2.45) is 0 Å². The molecule has 2 atom stereocenters. The lowest BCUT2D eigenvalue weighted by molar-refractivity contribution is 0.0643. The summed E-state index contributed by atoms with van der Waals surface area (Å²) in [4.78, 5) is 15.5. The molecule has 0 N–H and O–H groups in total. The molecule has 2 aliphatic rings. The predicted octanol–water partition coefficient (Wildman–Crippen LogP) is 1.51. The Hall–Kier alpha value is -1.74. The van der Waals surface area contributed by atoms with Gasteiger partial charge < -0.3 is 4.90 Å². The number of aromatic nitrogens is 3. The first-order valence-electron chi connectivity index (χ1n) is 8.04. The number of amides is 1. The van der Waals surface area contributed by atoms with Crippen molar-refractivity contribution < 1.29 is 13.2 Å². The Morgan fingerprint density at radius 3 is 2.92 bits per heavy atom. The Morgan fingerprint density at radius 1 is 1.29 bits per heavy atom. The lowest BCUT2D eigenvalue weighted by atomic mass is 9.93. The smallest absolute Gasteiger partial charge is 0.266 e. The zero-order valence-electron chi connectivity index (χ0n) is 13.0. The van der Waals surface area contributed by atoms with Crippen LogP contribution in [0, 0.1) is 0 Å². The Labute approximate surface area is 144 Å². The van der Waals surface area contributed by atoms with E-state index in [1.807, 2.05) is 11.4 Å². The first-order chi connectivity index (χ1) is 11.6. The topological polar surface area (TPSA) is 85.2 Å². The van der Waals surface area contributed by atoms with Crippen molar-refractivity contribution in [1.82, 2.24) is 19.9 Å². The molecule has 128 valence electrons. The summed E-state index contributed by atoms with van der Waals surface area (Å²) >= 11 is 1.36. The average molecular weight is 366 g/mol. The fourth-order valence-corrected chi connectivity index (χ4v) is 6.63. The molecule has 1 aliphatic heterocycles. The second kappa shape index (κ2) is 5.96. The van der Waals surface area contributed by atoms with Gasteiger partial charge in [0.15, 0.2) is 9.84 Å². The molecule has 1 amide bonds. The second-order valence-corrected chi connectivity index (χ2v) is 9.49. The maximum Gasteiger partial charge on any atom is 0.266 e. The van der Waals surface area contributed by atoms with Crippen molar-refractivity contribution in [1.29, 1.82) is 0 Å². The van der Waals surface area contributed by atoms with E-state index in [-0.39, 0.29) is 24.2 Å². The van der Waals surface area contributed by atoms with Gasteiger partial charge in [-0.15, -0.1) is 16.4 Å². The quantitative estimate of drug-likeness (QED) is 0.804. The van der Waals surface area contributed by atoms with Gasteiger partial charge in [0.05, 0.1) is 29.1 Å². The standard InChI is InChI=1S/C15H18N4O3S2/c20-15(14-12(5-9-23-14)19-7-6-16-17-19)18-8-10-24(21,22)13-4-2-1-3-11(13)18/h5-7,9,11,13H,1-4,8,10H2. The molecule has 0 bridgehead atoms. The maximum absolute atomic E-state index is 13.1. The van der Waals surface area contributed by atoms with Crippen molar-refractivity contribution in [2.45, 2.75) is 37.0 Å². The Morgan fingerprint density at radius 2 is 2.12 bits per heavy atom. The molecule has 24 heavy (non-hydrogen) atoms. The molecular weight excluding hydrogens is 348 g/mol. The van der Waals surface area contributed by atoms with Gasteiger partial charge in [-0.2, -0.15) is 0 Å². The van der Waals surface area contributed by atoms with E-state index in [1.54, 1.807) is 22.0 Å². The highest BCUT2D eigenvalue weighted by molar-refractivity contribution is 7.92. The Kier molecular flexibility index (Phi) is 3.92. The predicted molar refractivity (Wildman–Crippen MR) is 90.1 cm³/mol. The molecule has 0 spiro atoms. The van der Waals surface area contributed by atoms with Gasteiger partial charge in [-0.05, 0) is 24.3 Å². The van der Waals surface area contributed by atoms with Crippen LogP contribution in [0.25, 0.3) is 5.69 Å². The molecule has 2 aromatic rings. The number of nitrogens with zero attached hydrogens (tertiary/aromatic N) is 4. The number of thiophene rings is 1. The third kappa shape index (κ3) is 2.55. The fraction of sp³-hybridized carbons (Fsp3) is 0.533.